The molecule has 0 aliphatic rings. The molecule has 0 radical (unpaired) electrons. The molecule has 7 heteroatoms. The van der Waals surface area contributed by atoms with Crippen molar-refractivity contribution >= 4 is 5.65 Å². The number of aromatic nitrogens is 3. The van der Waals surface area contributed by atoms with Crippen LogP contribution in [0.1, 0.15) is 54.1 Å². The second-order valence-electron chi connectivity index (χ2n) is 7.17. The zero-order chi connectivity index (χ0) is 20.1. The second-order valence-corrected chi connectivity index (χ2v) is 7.17. The summed E-state index contributed by atoms with van der Waals surface area (Å²) in [6, 6.07) is 7.11. The normalized spacial score (nSPS) is 13.6. The molecular weight excluding hydrogens is 355 g/mol. The smallest absolute Gasteiger partial charge is 0.378 e. The number of hydrogen-bond donors (Lipinski definition) is 1. The molecule has 0 saturated carbocycles. The molecule has 0 amide bonds. The van der Waals surface area contributed by atoms with Crippen molar-refractivity contribution < 1.29 is 18.3 Å². The summed E-state index contributed by atoms with van der Waals surface area (Å²) in [6.07, 6.45) is -7.42. The SMILES string of the molecule is Cc1cccc(C)c1-c1c(C)nn2c(C(C)C)cc(C(O)C(F)(F)F)nc12. The number of aryl methyl sites for hydroxylation is 3. The van der Waals surface area contributed by atoms with Gasteiger partial charge in [0.05, 0.1) is 17.0 Å². The minimum Gasteiger partial charge on any atom is -0.378 e. The van der Waals surface area contributed by atoms with Gasteiger partial charge in [-0.3, -0.25) is 0 Å². The largest absolute Gasteiger partial charge is 0.420 e. The summed E-state index contributed by atoms with van der Waals surface area (Å²) in [5, 5.41) is 14.3. The van der Waals surface area contributed by atoms with Crippen molar-refractivity contribution in [1.82, 2.24) is 14.6 Å². The van der Waals surface area contributed by atoms with Gasteiger partial charge in [-0.2, -0.15) is 18.3 Å². The van der Waals surface area contributed by atoms with Crippen LogP contribution in [0.25, 0.3) is 16.8 Å². The highest BCUT2D eigenvalue weighted by atomic mass is 19.4. The Bertz CT molecular complexity index is 986. The summed E-state index contributed by atoms with van der Waals surface area (Å²) in [6.45, 7) is 9.45. The van der Waals surface area contributed by atoms with E-state index in [2.05, 4.69) is 10.1 Å². The minimum absolute atomic E-state index is 0.0974. The Kier molecular flexibility index (Phi) is 4.76. The van der Waals surface area contributed by atoms with E-state index in [0.717, 1.165) is 16.7 Å². The molecule has 2 heterocycles. The summed E-state index contributed by atoms with van der Waals surface area (Å²) in [7, 11) is 0. The number of benzene rings is 1. The van der Waals surface area contributed by atoms with Crippen molar-refractivity contribution in [3.05, 3.63) is 52.5 Å². The van der Waals surface area contributed by atoms with Crippen LogP contribution in [0, 0.1) is 20.8 Å². The maximum Gasteiger partial charge on any atom is 0.420 e. The maximum absolute atomic E-state index is 13.1. The number of alkyl halides is 3. The Morgan fingerprint density at radius 3 is 2.15 bits per heavy atom. The first kappa shape index (κ1) is 19.4. The molecule has 144 valence electrons. The van der Waals surface area contributed by atoms with Gasteiger partial charge >= 0.3 is 6.18 Å². The van der Waals surface area contributed by atoms with E-state index in [1.54, 1.807) is 4.52 Å². The van der Waals surface area contributed by atoms with Crippen LogP contribution in [0.4, 0.5) is 13.2 Å². The van der Waals surface area contributed by atoms with Crippen molar-refractivity contribution in [2.24, 2.45) is 0 Å². The Morgan fingerprint density at radius 1 is 1.04 bits per heavy atom. The van der Waals surface area contributed by atoms with Crippen LogP contribution in [-0.2, 0) is 0 Å². The quantitative estimate of drug-likeness (QED) is 0.696. The van der Waals surface area contributed by atoms with Crippen LogP contribution in [0.15, 0.2) is 24.3 Å². The molecule has 1 N–H and O–H groups in total. The van der Waals surface area contributed by atoms with Gasteiger partial charge in [-0.1, -0.05) is 32.0 Å². The van der Waals surface area contributed by atoms with Crippen molar-refractivity contribution in [2.45, 2.75) is 52.8 Å². The van der Waals surface area contributed by atoms with E-state index in [4.69, 9.17) is 0 Å². The van der Waals surface area contributed by atoms with Crippen molar-refractivity contribution in [3.8, 4) is 11.1 Å². The molecule has 0 fully saturated rings. The molecule has 1 unspecified atom stereocenters. The highest BCUT2D eigenvalue weighted by Crippen LogP contribution is 2.37. The summed E-state index contributed by atoms with van der Waals surface area (Å²) in [4.78, 5) is 4.19. The van der Waals surface area contributed by atoms with E-state index in [1.807, 2.05) is 52.8 Å². The number of halogens is 3. The van der Waals surface area contributed by atoms with Gasteiger partial charge in [-0.25, -0.2) is 9.50 Å². The van der Waals surface area contributed by atoms with Crippen LogP contribution < -0.4 is 0 Å². The van der Waals surface area contributed by atoms with Crippen LogP contribution in [0.3, 0.4) is 0 Å². The average molecular weight is 377 g/mol. The predicted octanol–water partition coefficient (Wildman–Crippen LogP) is 5.04. The molecule has 0 saturated heterocycles. The summed E-state index contributed by atoms with van der Waals surface area (Å²) >= 11 is 0. The van der Waals surface area contributed by atoms with Gasteiger partial charge in [0.25, 0.3) is 0 Å². The first-order valence-electron chi connectivity index (χ1n) is 8.74. The van der Waals surface area contributed by atoms with Crippen LogP contribution in [0.5, 0.6) is 0 Å². The highest BCUT2D eigenvalue weighted by Gasteiger charge is 2.41. The first-order valence-corrected chi connectivity index (χ1v) is 8.74. The zero-order valence-corrected chi connectivity index (χ0v) is 15.9. The van der Waals surface area contributed by atoms with E-state index in [0.29, 0.717) is 22.6 Å². The van der Waals surface area contributed by atoms with Crippen LogP contribution >= 0.6 is 0 Å². The van der Waals surface area contributed by atoms with Crippen molar-refractivity contribution in [1.29, 1.82) is 0 Å². The standard InChI is InChI=1S/C20H22F3N3O/c1-10(2)15-9-14(18(27)20(21,22)23)24-19-17(13(5)25-26(15)19)16-11(3)7-6-8-12(16)4/h6-10,18,27H,1-5H3. The molecule has 0 bridgehead atoms. The van der Waals surface area contributed by atoms with Gasteiger partial charge in [0.15, 0.2) is 11.8 Å². The number of aliphatic hydroxyl groups is 1. The third kappa shape index (κ3) is 3.32. The Hall–Kier alpha value is -2.41. The molecule has 0 aliphatic carbocycles. The summed E-state index contributed by atoms with van der Waals surface area (Å²) in [5.74, 6) is -0.0974. The molecular formula is C20H22F3N3O. The third-order valence-electron chi connectivity index (χ3n) is 4.72. The fourth-order valence-corrected chi connectivity index (χ4v) is 3.39. The highest BCUT2D eigenvalue weighted by molar-refractivity contribution is 5.84. The topological polar surface area (TPSA) is 50.4 Å². The Balaban J connectivity index is 2.40. The van der Waals surface area contributed by atoms with E-state index in [-0.39, 0.29) is 5.92 Å². The third-order valence-corrected chi connectivity index (χ3v) is 4.72. The molecule has 27 heavy (non-hydrogen) atoms. The zero-order valence-electron chi connectivity index (χ0n) is 15.9. The Morgan fingerprint density at radius 2 is 1.63 bits per heavy atom. The predicted molar refractivity (Wildman–Crippen MR) is 97.7 cm³/mol. The lowest BCUT2D eigenvalue weighted by molar-refractivity contribution is -0.207. The lowest BCUT2D eigenvalue weighted by Gasteiger charge is -2.17. The summed E-state index contributed by atoms with van der Waals surface area (Å²) in [5.41, 5.74) is 4.75. The molecule has 2 aromatic heterocycles. The molecule has 0 spiro atoms. The molecule has 1 aromatic carbocycles. The fraction of sp³-hybridized carbons (Fsp3) is 0.400. The monoisotopic (exact) mass is 377 g/mol. The van der Waals surface area contributed by atoms with Gasteiger partial charge < -0.3 is 5.11 Å². The molecule has 3 rings (SSSR count). The summed E-state index contributed by atoms with van der Waals surface area (Å²) < 4.78 is 40.9. The van der Waals surface area contributed by atoms with E-state index < -0.39 is 18.0 Å². The number of aliphatic hydroxyl groups excluding tert-OH is 1. The van der Waals surface area contributed by atoms with E-state index in [1.165, 1.54) is 6.07 Å². The van der Waals surface area contributed by atoms with Crippen molar-refractivity contribution in [2.75, 3.05) is 0 Å². The van der Waals surface area contributed by atoms with Gasteiger partial charge in [0, 0.05) is 5.69 Å². The maximum atomic E-state index is 13.1. The van der Waals surface area contributed by atoms with E-state index in [9.17, 15) is 18.3 Å². The number of rotatable bonds is 3. The van der Waals surface area contributed by atoms with Crippen molar-refractivity contribution in [3.63, 3.8) is 0 Å². The van der Waals surface area contributed by atoms with Gasteiger partial charge in [-0.15, -0.1) is 0 Å². The Labute approximate surface area is 155 Å². The first-order chi connectivity index (χ1) is 12.5. The lowest BCUT2D eigenvalue weighted by Crippen LogP contribution is -2.22. The molecule has 1 atom stereocenters. The minimum atomic E-state index is -4.78. The van der Waals surface area contributed by atoms with Gasteiger partial charge in [0.1, 0.15) is 0 Å². The second kappa shape index (κ2) is 6.64. The molecule has 3 aromatic rings. The molecule has 0 aliphatic heterocycles. The number of fused-ring (bicyclic) bond motifs is 1. The lowest BCUT2D eigenvalue weighted by atomic mass is 9.96. The van der Waals surface area contributed by atoms with Gasteiger partial charge in [-0.05, 0) is 49.4 Å². The number of nitrogens with zero attached hydrogens (tertiary/aromatic N) is 3. The molecule has 4 nitrogen and oxygen atoms in total. The van der Waals surface area contributed by atoms with Crippen LogP contribution in [-0.4, -0.2) is 25.9 Å². The number of hydrogen-bond acceptors (Lipinski definition) is 3. The average Bonchev–Trinajstić information content (AvgIpc) is 2.88. The van der Waals surface area contributed by atoms with E-state index >= 15 is 0 Å². The van der Waals surface area contributed by atoms with Gasteiger partial charge in [0.2, 0.25) is 0 Å². The van der Waals surface area contributed by atoms with Crippen LogP contribution in [0.2, 0.25) is 0 Å². The fourth-order valence-electron chi connectivity index (χ4n) is 3.39.